The van der Waals surface area contributed by atoms with Crippen LogP contribution in [0.2, 0.25) is 0 Å². The van der Waals surface area contributed by atoms with Gasteiger partial charge >= 0.3 is 0 Å². The van der Waals surface area contributed by atoms with Crippen LogP contribution in [-0.2, 0) is 0 Å². The van der Waals surface area contributed by atoms with Gasteiger partial charge in [-0.2, -0.15) is 5.10 Å². The summed E-state index contributed by atoms with van der Waals surface area (Å²) in [6, 6.07) is 7.47. The van der Waals surface area contributed by atoms with E-state index in [1.54, 1.807) is 0 Å². The minimum Gasteiger partial charge on any atom is -0.396 e. The van der Waals surface area contributed by atoms with E-state index in [1.165, 1.54) is 0 Å². The molecule has 0 aliphatic carbocycles. The molecule has 5 heteroatoms. The van der Waals surface area contributed by atoms with Gasteiger partial charge in [-0.3, -0.25) is 9.89 Å². The molecule has 0 aliphatic rings. The molecule has 0 bridgehead atoms. The highest BCUT2D eigenvalue weighted by molar-refractivity contribution is 6.04. The maximum atomic E-state index is 12.2. The van der Waals surface area contributed by atoms with Crippen LogP contribution >= 0.6 is 0 Å². The number of aromatic nitrogens is 2. The van der Waals surface area contributed by atoms with Crippen molar-refractivity contribution in [2.45, 2.75) is 26.3 Å². The van der Waals surface area contributed by atoms with Gasteiger partial charge in [0, 0.05) is 18.0 Å². The summed E-state index contributed by atoms with van der Waals surface area (Å²) in [7, 11) is 0. The van der Waals surface area contributed by atoms with Gasteiger partial charge in [-0.1, -0.05) is 32.0 Å². The van der Waals surface area contributed by atoms with Crippen molar-refractivity contribution >= 4 is 16.8 Å². The first-order valence-corrected chi connectivity index (χ1v) is 6.48. The predicted octanol–water partition coefficient (Wildman–Crippen LogP) is 1.70. The molecule has 0 aliphatic heterocycles. The number of carbonyl (C=O) groups excluding carboxylic acids is 1. The van der Waals surface area contributed by atoms with Gasteiger partial charge in [-0.05, 0) is 18.4 Å². The first-order chi connectivity index (χ1) is 9.13. The van der Waals surface area contributed by atoms with Gasteiger partial charge in [-0.25, -0.2) is 0 Å². The lowest BCUT2D eigenvalue weighted by atomic mass is 10.0. The molecule has 2 aromatic rings. The fourth-order valence-corrected chi connectivity index (χ4v) is 2.08. The highest BCUT2D eigenvalue weighted by Crippen LogP contribution is 2.16. The van der Waals surface area contributed by atoms with Crippen LogP contribution in [0.3, 0.4) is 0 Å². The molecule has 5 nitrogen and oxygen atoms in total. The monoisotopic (exact) mass is 261 g/mol. The number of nitrogens with one attached hydrogen (secondary N) is 2. The molecule has 2 rings (SSSR count). The molecular formula is C14H19N3O2. The third-order valence-electron chi connectivity index (χ3n) is 3.25. The van der Waals surface area contributed by atoms with Crippen LogP contribution in [-0.4, -0.2) is 33.9 Å². The average Bonchev–Trinajstić information content (AvgIpc) is 2.81. The summed E-state index contributed by atoms with van der Waals surface area (Å²) >= 11 is 0. The van der Waals surface area contributed by atoms with E-state index in [-0.39, 0.29) is 24.5 Å². The lowest BCUT2D eigenvalue weighted by Crippen LogP contribution is -2.39. The summed E-state index contributed by atoms with van der Waals surface area (Å²) in [4.78, 5) is 12.2. The van der Waals surface area contributed by atoms with Crippen molar-refractivity contribution in [3.63, 3.8) is 0 Å². The molecule has 1 atom stereocenters. The summed E-state index contributed by atoms with van der Waals surface area (Å²) in [6.07, 6.45) is 0.547. The molecule has 1 heterocycles. The zero-order valence-electron chi connectivity index (χ0n) is 11.2. The number of hydrogen-bond donors (Lipinski definition) is 3. The van der Waals surface area contributed by atoms with E-state index >= 15 is 0 Å². The van der Waals surface area contributed by atoms with Crippen molar-refractivity contribution < 1.29 is 9.90 Å². The van der Waals surface area contributed by atoms with E-state index in [1.807, 2.05) is 38.1 Å². The van der Waals surface area contributed by atoms with Crippen LogP contribution < -0.4 is 5.32 Å². The van der Waals surface area contributed by atoms with Gasteiger partial charge in [0.05, 0.1) is 5.52 Å². The Morgan fingerprint density at radius 2 is 2.16 bits per heavy atom. The molecule has 0 saturated heterocycles. The number of H-pyrrole nitrogens is 1. The van der Waals surface area contributed by atoms with E-state index in [0.29, 0.717) is 12.1 Å². The lowest BCUT2D eigenvalue weighted by molar-refractivity contribution is 0.0913. The average molecular weight is 261 g/mol. The number of aromatic amines is 1. The molecule has 0 saturated carbocycles. The number of aliphatic hydroxyl groups is 1. The zero-order valence-corrected chi connectivity index (χ0v) is 11.2. The maximum absolute atomic E-state index is 12.2. The van der Waals surface area contributed by atoms with Gasteiger partial charge in [0.25, 0.3) is 5.91 Å². The summed E-state index contributed by atoms with van der Waals surface area (Å²) in [6.45, 7) is 4.09. The summed E-state index contributed by atoms with van der Waals surface area (Å²) in [5.41, 5.74) is 1.25. The van der Waals surface area contributed by atoms with Crippen LogP contribution in [0.5, 0.6) is 0 Å². The van der Waals surface area contributed by atoms with E-state index in [2.05, 4.69) is 15.5 Å². The van der Waals surface area contributed by atoms with Gasteiger partial charge in [0.2, 0.25) is 0 Å². The first-order valence-electron chi connectivity index (χ1n) is 6.48. The van der Waals surface area contributed by atoms with Crippen molar-refractivity contribution in [1.82, 2.24) is 15.5 Å². The normalized spacial score (nSPS) is 12.8. The fraction of sp³-hybridized carbons (Fsp3) is 0.429. The van der Waals surface area contributed by atoms with Gasteiger partial charge in [0.1, 0.15) is 0 Å². The number of nitrogens with zero attached hydrogens (tertiary/aromatic N) is 1. The molecule has 1 unspecified atom stereocenters. The molecule has 1 aromatic carbocycles. The third-order valence-corrected chi connectivity index (χ3v) is 3.25. The van der Waals surface area contributed by atoms with Crippen LogP contribution in [0.4, 0.5) is 0 Å². The number of hydrogen-bond acceptors (Lipinski definition) is 3. The number of rotatable bonds is 5. The quantitative estimate of drug-likeness (QED) is 0.766. The van der Waals surface area contributed by atoms with Gasteiger partial charge in [-0.15, -0.1) is 0 Å². The topological polar surface area (TPSA) is 78.0 Å². The Morgan fingerprint density at radius 1 is 1.42 bits per heavy atom. The third kappa shape index (κ3) is 2.93. The standard InChI is InChI=1S/C14H19N3O2/c1-9(2)11(7-8-18)15-14(19)13-10-5-3-4-6-12(10)16-17-13/h3-6,9,11,18H,7-8H2,1-2H3,(H,15,19)(H,16,17). The Kier molecular flexibility index (Phi) is 4.16. The Balaban J connectivity index is 2.19. The largest absolute Gasteiger partial charge is 0.396 e. The molecule has 1 aromatic heterocycles. The van der Waals surface area contributed by atoms with Crippen molar-refractivity contribution in [2.24, 2.45) is 5.92 Å². The SMILES string of the molecule is CC(C)C(CCO)NC(=O)c1n[nH]c2ccccc12. The van der Waals surface area contributed by atoms with E-state index in [0.717, 1.165) is 10.9 Å². The summed E-state index contributed by atoms with van der Waals surface area (Å²) < 4.78 is 0. The lowest BCUT2D eigenvalue weighted by Gasteiger charge is -2.20. The first kappa shape index (κ1) is 13.5. The molecule has 0 radical (unpaired) electrons. The Labute approximate surface area is 112 Å². The van der Waals surface area contributed by atoms with Crippen LogP contribution in [0, 0.1) is 5.92 Å². The van der Waals surface area contributed by atoms with E-state index in [4.69, 9.17) is 5.11 Å². The number of fused-ring (bicyclic) bond motifs is 1. The summed E-state index contributed by atoms with van der Waals surface area (Å²) in [5.74, 6) is 0.0610. The Morgan fingerprint density at radius 3 is 2.84 bits per heavy atom. The smallest absolute Gasteiger partial charge is 0.272 e. The molecule has 19 heavy (non-hydrogen) atoms. The fourth-order valence-electron chi connectivity index (χ4n) is 2.08. The van der Waals surface area contributed by atoms with E-state index < -0.39 is 0 Å². The molecule has 102 valence electrons. The van der Waals surface area contributed by atoms with Gasteiger partial charge < -0.3 is 10.4 Å². The molecule has 3 N–H and O–H groups in total. The van der Waals surface area contributed by atoms with Crippen LogP contribution in [0.1, 0.15) is 30.8 Å². The van der Waals surface area contributed by atoms with Crippen molar-refractivity contribution in [3.8, 4) is 0 Å². The number of para-hydroxylation sites is 1. The van der Waals surface area contributed by atoms with Crippen LogP contribution in [0.15, 0.2) is 24.3 Å². The molecule has 0 spiro atoms. The minimum atomic E-state index is -0.204. The Hall–Kier alpha value is -1.88. The second kappa shape index (κ2) is 5.84. The highest BCUT2D eigenvalue weighted by atomic mass is 16.3. The maximum Gasteiger partial charge on any atom is 0.272 e. The second-order valence-corrected chi connectivity index (χ2v) is 4.95. The number of carbonyl (C=O) groups is 1. The van der Waals surface area contributed by atoms with Crippen molar-refractivity contribution in [3.05, 3.63) is 30.0 Å². The summed E-state index contributed by atoms with van der Waals surface area (Å²) in [5, 5.41) is 19.7. The number of amides is 1. The predicted molar refractivity (Wildman–Crippen MR) is 73.9 cm³/mol. The van der Waals surface area contributed by atoms with Gasteiger partial charge in [0.15, 0.2) is 5.69 Å². The number of benzene rings is 1. The van der Waals surface area contributed by atoms with Crippen molar-refractivity contribution in [1.29, 1.82) is 0 Å². The Bertz CT molecular complexity index is 563. The van der Waals surface area contributed by atoms with Crippen molar-refractivity contribution in [2.75, 3.05) is 6.61 Å². The minimum absolute atomic E-state index is 0.0482. The molecule has 1 amide bonds. The number of aliphatic hydroxyl groups excluding tert-OH is 1. The molecular weight excluding hydrogens is 242 g/mol. The molecule has 0 fully saturated rings. The second-order valence-electron chi connectivity index (χ2n) is 4.95. The zero-order chi connectivity index (χ0) is 13.8. The van der Waals surface area contributed by atoms with Crippen LogP contribution in [0.25, 0.3) is 10.9 Å². The van der Waals surface area contributed by atoms with E-state index in [9.17, 15) is 4.79 Å². The highest BCUT2D eigenvalue weighted by Gasteiger charge is 2.19.